The number of amides is 2. The van der Waals surface area contributed by atoms with Crippen molar-refractivity contribution in [3.05, 3.63) is 83.9 Å². The molecule has 0 unspecified atom stereocenters. The van der Waals surface area contributed by atoms with Gasteiger partial charge in [0.1, 0.15) is 12.3 Å². The first-order valence-corrected chi connectivity index (χ1v) is 15.5. The summed E-state index contributed by atoms with van der Waals surface area (Å²) in [6.07, 6.45) is 3.34. The Balaban J connectivity index is 1.53. The van der Waals surface area contributed by atoms with Crippen LogP contribution in [0, 0.1) is 0 Å². The highest BCUT2D eigenvalue weighted by molar-refractivity contribution is 7.98. The van der Waals surface area contributed by atoms with Crippen LogP contribution in [0.4, 0.5) is 5.69 Å². The van der Waals surface area contributed by atoms with E-state index in [1.807, 2.05) is 42.3 Å². The van der Waals surface area contributed by atoms with Gasteiger partial charge >= 0.3 is 0 Å². The lowest BCUT2D eigenvalue weighted by Crippen LogP contribution is -2.40. The number of nitrogens with zero attached hydrogens (tertiary/aromatic N) is 2. The molecule has 3 aromatic rings. The van der Waals surface area contributed by atoms with Crippen molar-refractivity contribution in [3.8, 4) is 5.75 Å². The van der Waals surface area contributed by atoms with E-state index in [0.717, 1.165) is 33.3 Å². The van der Waals surface area contributed by atoms with Crippen LogP contribution in [-0.2, 0) is 32.7 Å². The number of thioether (sulfide) groups is 1. The Hall–Kier alpha value is -3.50. The lowest BCUT2D eigenvalue weighted by Gasteiger charge is -2.24. The van der Waals surface area contributed by atoms with Crippen molar-refractivity contribution in [2.45, 2.75) is 42.6 Å². The van der Waals surface area contributed by atoms with Crippen molar-refractivity contribution in [2.75, 3.05) is 30.3 Å². The summed E-state index contributed by atoms with van der Waals surface area (Å²) in [6.45, 7) is 3.40. The first-order chi connectivity index (χ1) is 18.8. The standard InChI is InChI=1S/C29H33N3O5S2/c1-3-37-25-12-10-24(11-13-25)32(39(35,36)27-16-14-26(38-2)15-17-27)21-28(33)30-19-22-7-4-5-8-23(22)20-31-18-6-9-29(31)34/h4-5,7-8,10-17H,3,6,9,18-21H2,1-2H3,(H,30,33). The van der Waals surface area contributed by atoms with Gasteiger partial charge in [0.05, 0.1) is 17.2 Å². The minimum absolute atomic E-state index is 0.0996. The number of ether oxygens (including phenoxy) is 1. The number of hydrogen-bond acceptors (Lipinski definition) is 6. The molecule has 0 saturated carbocycles. The summed E-state index contributed by atoms with van der Waals surface area (Å²) in [5.41, 5.74) is 2.20. The molecule has 1 saturated heterocycles. The number of carbonyl (C=O) groups is 2. The lowest BCUT2D eigenvalue weighted by atomic mass is 10.1. The molecule has 0 atom stereocenters. The van der Waals surface area contributed by atoms with Gasteiger partial charge < -0.3 is 15.0 Å². The van der Waals surface area contributed by atoms with Crippen LogP contribution in [0.3, 0.4) is 0 Å². The van der Waals surface area contributed by atoms with E-state index in [1.165, 1.54) is 11.8 Å². The average Bonchev–Trinajstić information content (AvgIpc) is 3.35. The third-order valence-electron chi connectivity index (χ3n) is 6.50. The van der Waals surface area contributed by atoms with Gasteiger partial charge in [-0.25, -0.2) is 8.42 Å². The van der Waals surface area contributed by atoms with E-state index in [4.69, 9.17) is 4.74 Å². The molecule has 1 fully saturated rings. The third kappa shape index (κ3) is 7.13. The third-order valence-corrected chi connectivity index (χ3v) is 9.03. The average molecular weight is 568 g/mol. The highest BCUT2D eigenvalue weighted by Gasteiger charge is 2.27. The maximum Gasteiger partial charge on any atom is 0.264 e. The largest absolute Gasteiger partial charge is 0.494 e. The number of carbonyl (C=O) groups excluding carboxylic acids is 2. The molecule has 0 radical (unpaired) electrons. The summed E-state index contributed by atoms with van der Waals surface area (Å²) in [7, 11) is -4.03. The van der Waals surface area contributed by atoms with Gasteiger partial charge in [-0.15, -0.1) is 11.8 Å². The second-order valence-corrected chi connectivity index (χ2v) is 11.8. The molecule has 0 bridgehead atoms. The fourth-order valence-electron chi connectivity index (χ4n) is 4.41. The molecule has 4 rings (SSSR count). The number of hydrogen-bond donors (Lipinski definition) is 1. The van der Waals surface area contributed by atoms with E-state index in [9.17, 15) is 18.0 Å². The highest BCUT2D eigenvalue weighted by Crippen LogP contribution is 2.27. The Kier molecular flexibility index (Phi) is 9.53. The molecule has 206 valence electrons. The number of sulfonamides is 1. The molecule has 0 aromatic heterocycles. The normalized spacial score (nSPS) is 13.4. The zero-order valence-electron chi connectivity index (χ0n) is 22.1. The van der Waals surface area contributed by atoms with Crippen molar-refractivity contribution in [1.29, 1.82) is 0 Å². The maximum atomic E-state index is 13.7. The van der Waals surface area contributed by atoms with Gasteiger partial charge in [-0.1, -0.05) is 24.3 Å². The van der Waals surface area contributed by atoms with Crippen LogP contribution in [0.5, 0.6) is 5.75 Å². The fourth-order valence-corrected chi connectivity index (χ4v) is 6.24. The highest BCUT2D eigenvalue weighted by atomic mass is 32.2. The summed E-state index contributed by atoms with van der Waals surface area (Å²) < 4.78 is 34.0. The molecule has 2 amide bonds. The van der Waals surface area contributed by atoms with E-state index >= 15 is 0 Å². The minimum atomic E-state index is -4.03. The number of rotatable bonds is 12. The van der Waals surface area contributed by atoms with Gasteiger partial charge in [0.15, 0.2) is 0 Å². The van der Waals surface area contributed by atoms with E-state index in [2.05, 4.69) is 5.32 Å². The molecule has 8 nitrogen and oxygen atoms in total. The molecule has 1 heterocycles. The quantitative estimate of drug-likeness (QED) is 0.325. The van der Waals surface area contributed by atoms with Crippen molar-refractivity contribution < 1.29 is 22.7 Å². The maximum absolute atomic E-state index is 13.7. The lowest BCUT2D eigenvalue weighted by molar-refractivity contribution is -0.128. The van der Waals surface area contributed by atoms with Crippen molar-refractivity contribution in [3.63, 3.8) is 0 Å². The zero-order chi connectivity index (χ0) is 27.8. The fraction of sp³-hybridized carbons (Fsp3) is 0.310. The molecular formula is C29H33N3O5S2. The van der Waals surface area contributed by atoms with Crippen LogP contribution in [0.2, 0.25) is 0 Å². The number of benzene rings is 3. The Labute approximate surface area is 234 Å². The minimum Gasteiger partial charge on any atom is -0.494 e. The Bertz CT molecular complexity index is 1390. The van der Waals surface area contributed by atoms with Gasteiger partial charge in [0.25, 0.3) is 10.0 Å². The molecule has 39 heavy (non-hydrogen) atoms. The number of nitrogens with one attached hydrogen (secondary N) is 1. The van der Waals surface area contributed by atoms with Gasteiger partial charge in [0, 0.05) is 31.0 Å². The van der Waals surface area contributed by atoms with E-state index < -0.39 is 22.5 Å². The molecule has 3 aromatic carbocycles. The smallest absolute Gasteiger partial charge is 0.264 e. The van der Waals surface area contributed by atoms with Gasteiger partial charge in [-0.3, -0.25) is 13.9 Å². The molecular weight excluding hydrogens is 534 g/mol. The van der Waals surface area contributed by atoms with Crippen LogP contribution in [0.25, 0.3) is 0 Å². The number of anilines is 1. The monoisotopic (exact) mass is 567 g/mol. The van der Waals surface area contributed by atoms with E-state index in [-0.39, 0.29) is 17.3 Å². The summed E-state index contributed by atoms with van der Waals surface area (Å²) in [5.74, 6) is 0.302. The van der Waals surface area contributed by atoms with Crippen LogP contribution < -0.4 is 14.4 Å². The van der Waals surface area contributed by atoms with E-state index in [0.29, 0.717) is 31.0 Å². The molecule has 10 heteroatoms. The summed E-state index contributed by atoms with van der Waals surface area (Å²) in [5, 5.41) is 2.87. The van der Waals surface area contributed by atoms with Crippen molar-refractivity contribution in [2.24, 2.45) is 0 Å². The number of likely N-dealkylation sites (tertiary alicyclic amines) is 1. The first kappa shape index (κ1) is 28.5. The predicted molar refractivity (Wildman–Crippen MR) is 153 cm³/mol. The molecule has 1 aliphatic heterocycles. The second-order valence-electron chi connectivity index (χ2n) is 9.08. The summed E-state index contributed by atoms with van der Waals surface area (Å²) >= 11 is 1.52. The first-order valence-electron chi connectivity index (χ1n) is 12.8. The van der Waals surface area contributed by atoms with Gasteiger partial charge in [0.2, 0.25) is 11.8 Å². The van der Waals surface area contributed by atoms with Gasteiger partial charge in [-0.05, 0) is 79.3 Å². The van der Waals surface area contributed by atoms with Crippen molar-refractivity contribution in [1.82, 2.24) is 10.2 Å². The molecule has 1 aliphatic rings. The van der Waals surface area contributed by atoms with Crippen LogP contribution in [0.15, 0.2) is 82.6 Å². The van der Waals surface area contributed by atoms with Crippen LogP contribution in [-0.4, -0.2) is 51.1 Å². The summed E-state index contributed by atoms with van der Waals surface area (Å²) in [4.78, 5) is 28.1. The Morgan fingerprint density at radius 3 is 2.33 bits per heavy atom. The molecule has 0 aliphatic carbocycles. The van der Waals surface area contributed by atoms with Crippen LogP contribution >= 0.6 is 11.8 Å². The Morgan fingerprint density at radius 2 is 1.72 bits per heavy atom. The topological polar surface area (TPSA) is 96.0 Å². The van der Waals surface area contributed by atoms with E-state index in [1.54, 1.807) is 48.5 Å². The predicted octanol–water partition coefficient (Wildman–Crippen LogP) is 4.44. The van der Waals surface area contributed by atoms with Crippen LogP contribution in [0.1, 0.15) is 30.9 Å². The molecule has 1 N–H and O–H groups in total. The van der Waals surface area contributed by atoms with Crippen molar-refractivity contribution >= 4 is 39.3 Å². The zero-order valence-corrected chi connectivity index (χ0v) is 23.8. The SMILES string of the molecule is CCOc1ccc(N(CC(=O)NCc2ccccc2CN2CCCC2=O)S(=O)(=O)c2ccc(SC)cc2)cc1. The Morgan fingerprint density at radius 1 is 1.03 bits per heavy atom. The summed E-state index contributed by atoms with van der Waals surface area (Å²) in [6, 6.07) is 20.9. The van der Waals surface area contributed by atoms with Gasteiger partial charge in [-0.2, -0.15) is 0 Å². The molecule has 0 spiro atoms. The second kappa shape index (κ2) is 13.0.